The van der Waals surface area contributed by atoms with Gasteiger partial charge in [-0.15, -0.1) is 0 Å². The van der Waals surface area contributed by atoms with E-state index in [1.165, 1.54) is 12.1 Å². The lowest BCUT2D eigenvalue weighted by molar-refractivity contribution is 0.551. The third-order valence-electron chi connectivity index (χ3n) is 1.03. The zero-order valence-electron chi connectivity index (χ0n) is 4.46. The van der Waals surface area contributed by atoms with Crippen LogP contribution in [0.25, 0.3) is 0 Å². The van der Waals surface area contributed by atoms with Crippen LogP contribution in [0.15, 0.2) is 4.40 Å². The lowest BCUT2D eigenvalue weighted by Gasteiger charge is -2.07. The van der Waals surface area contributed by atoms with Crippen molar-refractivity contribution >= 4 is 18.3 Å². The van der Waals surface area contributed by atoms with Crippen molar-refractivity contribution in [2.24, 2.45) is 4.40 Å². The van der Waals surface area contributed by atoms with Crippen molar-refractivity contribution in [1.82, 2.24) is 4.31 Å². The Labute approximate surface area is 47.9 Å². The van der Waals surface area contributed by atoms with Crippen LogP contribution in [0.4, 0.5) is 0 Å². The largest absolute Gasteiger partial charge is 0.226 e. The normalized spacial score (nSPS) is 32.0. The second-order valence-electron chi connectivity index (χ2n) is 1.62. The van der Waals surface area contributed by atoms with Crippen LogP contribution in [-0.4, -0.2) is 23.6 Å². The van der Waals surface area contributed by atoms with Crippen molar-refractivity contribution in [2.75, 3.05) is 7.05 Å². The van der Waals surface area contributed by atoms with Crippen LogP contribution in [-0.2, 0) is 0 Å². The Morgan fingerprint density at radius 1 is 1.86 bits per heavy atom. The standard InChI is InChI=1S/C4H8N2S/c1-4-3-5-7-6(4)2/h3-4H,1-2H3. The molecule has 1 heterocycles. The first-order chi connectivity index (χ1) is 3.30. The molecule has 0 N–H and O–H groups in total. The molecule has 0 radical (unpaired) electrons. The van der Waals surface area contributed by atoms with Crippen LogP contribution >= 0.6 is 12.1 Å². The summed E-state index contributed by atoms with van der Waals surface area (Å²) in [7, 11) is 2.03. The predicted molar refractivity (Wildman–Crippen MR) is 33.3 cm³/mol. The molecule has 0 fully saturated rings. The van der Waals surface area contributed by atoms with Gasteiger partial charge in [-0.1, -0.05) is 0 Å². The maximum Gasteiger partial charge on any atom is 0.0616 e. The first kappa shape index (κ1) is 5.12. The minimum absolute atomic E-state index is 0.519. The van der Waals surface area contributed by atoms with Gasteiger partial charge in [0.05, 0.1) is 18.2 Å². The van der Waals surface area contributed by atoms with Crippen molar-refractivity contribution < 1.29 is 0 Å². The molecule has 0 aromatic rings. The summed E-state index contributed by atoms with van der Waals surface area (Å²) in [6, 6.07) is 0.519. The third-order valence-corrected chi connectivity index (χ3v) is 1.83. The van der Waals surface area contributed by atoms with Gasteiger partial charge in [-0.2, -0.15) is 0 Å². The molecule has 0 aliphatic carbocycles. The van der Waals surface area contributed by atoms with Gasteiger partial charge in [-0.25, -0.2) is 8.70 Å². The Balaban J connectivity index is 2.45. The summed E-state index contributed by atoms with van der Waals surface area (Å²) in [6.07, 6.45) is 1.94. The first-order valence-corrected chi connectivity index (χ1v) is 2.97. The second kappa shape index (κ2) is 1.84. The predicted octanol–water partition coefficient (Wildman–Crippen LogP) is 0.954. The summed E-state index contributed by atoms with van der Waals surface area (Å²) < 4.78 is 6.06. The van der Waals surface area contributed by atoms with E-state index >= 15 is 0 Å². The van der Waals surface area contributed by atoms with Crippen molar-refractivity contribution in [3.63, 3.8) is 0 Å². The minimum atomic E-state index is 0.519. The molecule has 0 amide bonds. The van der Waals surface area contributed by atoms with Gasteiger partial charge < -0.3 is 0 Å². The Kier molecular flexibility index (Phi) is 1.35. The Bertz CT molecular complexity index is 91.7. The van der Waals surface area contributed by atoms with Gasteiger partial charge in [0, 0.05) is 6.21 Å². The molecule has 40 valence electrons. The van der Waals surface area contributed by atoms with E-state index in [-0.39, 0.29) is 0 Å². The fourth-order valence-corrected chi connectivity index (χ4v) is 0.940. The molecular weight excluding hydrogens is 108 g/mol. The van der Waals surface area contributed by atoms with Gasteiger partial charge in [0.2, 0.25) is 0 Å². The van der Waals surface area contributed by atoms with Crippen molar-refractivity contribution in [3.8, 4) is 0 Å². The second-order valence-corrected chi connectivity index (χ2v) is 2.57. The van der Waals surface area contributed by atoms with Gasteiger partial charge >= 0.3 is 0 Å². The smallest absolute Gasteiger partial charge is 0.0616 e. The maximum absolute atomic E-state index is 3.96. The summed E-state index contributed by atoms with van der Waals surface area (Å²) in [5.41, 5.74) is 0. The van der Waals surface area contributed by atoms with Crippen LogP contribution in [0, 0.1) is 0 Å². The van der Waals surface area contributed by atoms with Crippen LogP contribution < -0.4 is 0 Å². The zero-order chi connectivity index (χ0) is 5.28. The molecule has 1 aliphatic heterocycles. The highest BCUT2D eigenvalue weighted by atomic mass is 32.2. The van der Waals surface area contributed by atoms with E-state index in [2.05, 4.69) is 15.6 Å². The molecular formula is C4H8N2S. The molecule has 0 saturated heterocycles. The van der Waals surface area contributed by atoms with Gasteiger partial charge in [-0.05, 0) is 14.0 Å². The van der Waals surface area contributed by atoms with Crippen LogP contribution in [0.5, 0.6) is 0 Å². The topological polar surface area (TPSA) is 15.6 Å². The fraction of sp³-hybridized carbons (Fsp3) is 0.750. The van der Waals surface area contributed by atoms with E-state index in [1.807, 2.05) is 13.3 Å². The molecule has 0 spiro atoms. The molecule has 0 aromatic carbocycles. The average molecular weight is 116 g/mol. The van der Waals surface area contributed by atoms with E-state index in [0.717, 1.165) is 0 Å². The van der Waals surface area contributed by atoms with E-state index in [1.54, 1.807) is 0 Å². The highest BCUT2D eigenvalue weighted by Crippen LogP contribution is 2.16. The molecule has 7 heavy (non-hydrogen) atoms. The molecule has 1 aliphatic rings. The Morgan fingerprint density at radius 2 is 2.57 bits per heavy atom. The van der Waals surface area contributed by atoms with Crippen molar-refractivity contribution in [2.45, 2.75) is 13.0 Å². The van der Waals surface area contributed by atoms with Crippen LogP contribution in [0.3, 0.4) is 0 Å². The van der Waals surface area contributed by atoms with Crippen LogP contribution in [0.2, 0.25) is 0 Å². The molecule has 0 bridgehead atoms. The van der Waals surface area contributed by atoms with Gasteiger partial charge in [0.15, 0.2) is 0 Å². The van der Waals surface area contributed by atoms with Crippen LogP contribution in [0.1, 0.15) is 6.92 Å². The number of hydrogen-bond acceptors (Lipinski definition) is 3. The summed E-state index contributed by atoms with van der Waals surface area (Å²) in [5, 5.41) is 0. The molecule has 1 rings (SSSR count). The highest BCUT2D eigenvalue weighted by molar-refractivity contribution is 7.96. The fourth-order valence-electron chi connectivity index (χ4n) is 0.358. The van der Waals surface area contributed by atoms with Gasteiger partial charge in [0.1, 0.15) is 0 Å². The molecule has 1 unspecified atom stereocenters. The monoisotopic (exact) mass is 116 g/mol. The summed E-state index contributed by atoms with van der Waals surface area (Å²) in [4.78, 5) is 0. The number of rotatable bonds is 0. The third kappa shape index (κ3) is 0.951. The SMILES string of the molecule is CC1C=NSN1C. The van der Waals surface area contributed by atoms with E-state index in [0.29, 0.717) is 6.04 Å². The summed E-state index contributed by atoms with van der Waals surface area (Å²) in [5.74, 6) is 0. The summed E-state index contributed by atoms with van der Waals surface area (Å²) in [6.45, 7) is 2.11. The Morgan fingerprint density at radius 3 is 2.71 bits per heavy atom. The van der Waals surface area contributed by atoms with Crippen molar-refractivity contribution in [3.05, 3.63) is 0 Å². The number of nitrogens with zero attached hydrogens (tertiary/aromatic N) is 2. The molecule has 3 heteroatoms. The van der Waals surface area contributed by atoms with E-state index in [4.69, 9.17) is 0 Å². The minimum Gasteiger partial charge on any atom is -0.226 e. The van der Waals surface area contributed by atoms with Gasteiger partial charge in [0.25, 0.3) is 0 Å². The molecule has 2 nitrogen and oxygen atoms in total. The van der Waals surface area contributed by atoms with Gasteiger partial charge in [-0.3, -0.25) is 0 Å². The van der Waals surface area contributed by atoms with E-state index in [9.17, 15) is 0 Å². The lowest BCUT2D eigenvalue weighted by Crippen LogP contribution is -2.17. The maximum atomic E-state index is 3.96. The zero-order valence-corrected chi connectivity index (χ0v) is 5.27. The van der Waals surface area contributed by atoms with E-state index < -0.39 is 0 Å². The first-order valence-electron chi connectivity index (χ1n) is 2.24. The average Bonchev–Trinajstić information content (AvgIpc) is 1.91. The van der Waals surface area contributed by atoms with Crippen molar-refractivity contribution in [1.29, 1.82) is 0 Å². The number of hydrogen-bond donors (Lipinski definition) is 0. The summed E-state index contributed by atoms with van der Waals surface area (Å²) >= 11 is 1.51. The molecule has 1 atom stereocenters. The Hall–Kier alpha value is -0.0200. The molecule has 0 aromatic heterocycles. The quantitative estimate of drug-likeness (QED) is 0.438. The molecule has 0 saturated carbocycles. The highest BCUT2D eigenvalue weighted by Gasteiger charge is 2.10. The lowest BCUT2D eigenvalue weighted by atomic mass is 10.4.